The number of rotatable bonds is 9. The molecular weight excluding hydrogens is 539 g/mol. The van der Waals surface area contributed by atoms with Gasteiger partial charge in [-0.25, -0.2) is 9.59 Å². The first-order valence-electron chi connectivity index (χ1n) is 12.6. The first-order chi connectivity index (χ1) is 19.4. The predicted octanol–water partition coefficient (Wildman–Crippen LogP) is 3.99. The monoisotopic (exact) mass is 571 g/mol. The molecule has 218 valence electrons. The van der Waals surface area contributed by atoms with E-state index in [1.807, 2.05) is 25.1 Å². The standard InChI is InChI=1S/C29H32F3N5O4/c1-35(2)14-9-15-36(3)21-13-12-19(29(30,31)32)16-22(21)37-25(28(39)41-5)24(27(38)40-4)23(20(17-33)26(37)34)18-10-7-6-8-11-18/h6-8,10-13,16,23H,9,14-15,34H2,1-5H3. The molecule has 2 aromatic carbocycles. The third kappa shape index (κ3) is 6.47. The number of anilines is 2. The van der Waals surface area contributed by atoms with E-state index in [1.54, 1.807) is 42.3 Å². The Morgan fingerprint density at radius 3 is 2.20 bits per heavy atom. The topological polar surface area (TPSA) is 112 Å². The molecule has 0 fully saturated rings. The maximum absolute atomic E-state index is 14.0. The molecule has 1 aliphatic heterocycles. The molecule has 1 atom stereocenters. The van der Waals surface area contributed by atoms with Gasteiger partial charge in [-0.3, -0.25) is 4.90 Å². The number of hydrogen-bond donors (Lipinski definition) is 1. The molecule has 3 rings (SSSR count). The summed E-state index contributed by atoms with van der Waals surface area (Å²) in [5.41, 5.74) is 5.18. The summed E-state index contributed by atoms with van der Waals surface area (Å²) in [5, 5.41) is 10.2. The highest BCUT2D eigenvalue weighted by Crippen LogP contribution is 2.46. The largest absolute Gasteiger partial charge is 0.466 e. The van der Waals surface area contributed by atoms with Gasteiger partial charge < -0.3 is 25.0 Å². The quantitative estimate of drug-likeness (QED) is 0.447. The van der Waals surface area contributed by atoms with E-state index in [1.165, 1.54) is 6.07 Å². The number of methoxy groups -OCH3 is 2. The molecule has 0 saturated heterocycles. The van der Waals surface area contributed by atoms with E-state index in [9.17, 15) is 28.0 Å². The fourth-order valence-corrected chi connectivity index (χ4v) is 4.71. The number of ether oxygens (including phenoxy) is 2. The highest BCUT2D eigenvalue weighted by atomic mass is 19.4. The Hall–Kier alpha value is -4.50. The number of hydrogen-bond acceptors (Lipinski definition) is 9. The van der Waals surface area contributed by atoms with Gasteiger partial charge in [-0.1, -0.05) is 30.3 Å². The zero-order chi connectivity index (χ0) is 30.5. The first kappa shape index (κ1) is 31.0. The molecule has 0 saturated carbocycles. The lowest BCUT2D eigenvalue weighted by Gasteiger charge is -2.38. The molecule has 41 heavy (non-hydrogen) atoms. The van der Waals surface area contributed by atoms with Crippen LogP contribution in [0.2, 0.25) is 0 Å². The van der Waals surface area contributed by atoms with Crippen LogP contribution in [0.25, 0.3) is 0 Å². The maximum Gasteiger partial charge on any atom is 0.416 e. The van der Waals surface area contributed by atoms with Crippen LogP contribution in [0.3, 0.4) is 0 Å². The second kappa shape index (κ2) is 12.8. The van der Waals surface area contributed by atoms with Crippen molar-refractivity contribution in [3.8, 4) is 6.07 Å². The van der Waals surface area contributed by atoms with E-state index in [4.69, 9.17) is 15.2 Å². The molecule has 0 radical (unpaired) electrons. The van der Waals surface area contributed by atoms with Crippen LogP contribution in [-0.4, -0.2) is 65.3 Å². The molecule has 0 aromatic heterocycles. The van der Waals surface area contributed by atoms with Gasteiger partial charge >= 0.3 is 18.1 Å². The van der Waals surface area contributed by atoms with Crippen molar-refractivity contribution in [3.63, 3.8) is 0 Å². The Bertz CT molecular complexity index is 1400. The van der Waals surface area contributed by atoms with Crippen LogP contribution in [0.5, 0.6) is 0 Å². The molecule has 2 N–H and O–H groups in total. The number of nitrogens with two attached hydrogens (primary N) is 1. The molecule has 12 heteroatoms. The van der Waals surface area contributed by atoms with Crippen LogP contribution >= 0.6 is 0 Å². The third-order valence-corrected chi connectivity index (χ3v) is 6.66. The van der Waals surface area contributed by atoms with E-state index in [0.29, 0.717) is 25.1 Å². The number of esters is 2. The first-order valence-corrected chi connectivity index (χ1v) is 12.6. The number of alkyl halides is 3. The van der Waals surface area contributed by atoms with Gasteiger partial charge in [0, 0.05) is 13.6 Å². The van der Waals surface area contributed by atoms with Crippen molar-refractivity contribution in [2.24, 2.45) is 5.73 Å². The maximum atomic E-state index is 14.0. The van der Waals surface area contributed by atoms with E-state index in [0.717, 1.165) is 31.3 Å². The summed E-state index contributed by atoms with van der Waals surface area (Å²) in [6.45, 7) is 1.15. The highest BCUT2D eigenvalue weighted by molar-refractivity contribution is 6.07. The minimum Gasteiger partial charge on any atom is -0.466 e. The van der Waals surface area contributed by atoms with Gasteiger partial charge in [0.15, 0.2) is 0 Å². The van der Waals surface area contributed by atoms with Crippen molar-refractivity contribution in [2.45, 2.75) is 18.5 Å². The van der Waals surface area contributed by atoms with Gasteiger partial charge in [0.1, 0.15) is 11.5 Å². The summed E-state index contributed by atoms with van der Waals surface area (Å²) in [7, 11) is 7.65. The van der Waals surface area contributed by atoms with Gasteiger partial charge in [-0.2, -0.15) is 18.4 Å². The Balaban J connectivity index is 2.42. The molecule has 0 bridgehead atoms. The summed E-state index contributed by atoms with van der Waals surface area (Å²) in [5.74, 6) is -3.50. The van der Waals surface area contributed by atoms with Crippen LogP contribution in [-0.2, 0) is 25.2 Å². The molecule has 0 amide bonds. The molecule has 2 aromatic rings. The second-order valence-electron chi connectivity index (χ2n) is 9.61. The Morgan fingerprint density at radius 1 is 1.02 bits per heavy atom. The SMILES string of the molecule is COC(=O)C1=C(C(=O)OC)N(c2cc(C(F)(F)F)ccc2N(C)CCCN(C)C)C(N)=C(C#N)C1c1ccccc1. The summed E-state index contributed by atoms with van der Waals surface area (Å²) in [6.07, 6.45) is -4.07. The molecule has 0 spiro atoms. The lowest BCUT2D eigenvalue weighted by molar-refractivity contribution is -0.139. The molecule has 0 aliphatic carbocycles. The van der Waals surface area contributed by atoms with Crippen molar-refractivity contribution < 1.29 is 32.2 Å². The molecule has 9 nitrogen and oxygen atoms in total. The number of halogens is 3. The summed E-state index contributed by atoms with van der Waals surface area (Å²) >= 11 is 0. The van der Waals surface area contributed by atoms with Crippen LogP contribution in [0, 0.1) is 11.3 Å². The fourth-order valence-electron chi connectivity index (χ4n) is 4.71. The number of allylic oxidation sites excluding steroid dienone is 1. The van der Waals surface area contributed by atoms with Gasteiger partial charge in [0.2, 0.25) is 0 Å². The van der Waals surface area contributed by atoms with E-state index in [-0.39, 0.29) is 28.3 Å². The predicted molar refractivity (Wildman–Crippen MR) is 147 cm³/mol. The van der Waals surface area contributed by atoms with Crippen molar-refractivity contribution in [2.75, 3.05) is 58.3 Å². The number of benzene rings is 2. The summed E-state index contributed by atoms with van der Waals surface area (Å²) < 4.78 is 51.9. The van der Waals surface area contributed by atoms with Crippen LogP contribution < -0.4 is 15.5 Å². The zero-order valence-corrected chi connectivity index (χ0v) is 23.5. The lowest BCUT2D eigenvalue weighted by atomic mass is 9.81. The second-order valence-corrected chi connectivity index (χ2v) is 9.61. The smallest absolute Gasteiger partial charge is 0.416 e. The highest BCUT2D eigenvalue weighted by Gasteiger charge is 2.44. The van der Waals surface area contributed by atoms with Gasteiger partial charge in [0.05, 0.1) is 54.3 Å². The Morgan fingerprint density at radius 2 is 1.66 bits per heavy atom. The number of nitrogens with zero attached hydrogens (tertiary/aromatic N) is 4. The van der Waals surface area contributed by atoms with Gasteiger partial charge in [-0.15, -0.1) is 0 Å². The molecule has 1 aliphatic rings. The zero-order valence-electron chi connectivity index (χ0n) is 23.5. The lowest BCUT2D eigenvalue weighted by Crippen LogP contribution is -2.41. The van der Waals surface area contributed by atoms with E-state index < -0.39 is 35.3 Å². The van der Waals surface area contributed by atoms with E-state index in [2.05, 4.69) is 0 Å². The number of carbonyl (C=O) groups is 2. The van der Waals surface area contributed by atoms with Gasteiger partial charge in [0.25, 0.3) is 0 Å². The minimum absolute atomic E-state index is 0.150. The Kier molecular flexibility index (Phi) is 9.67. The molecule has 1 unspecified atom stereocenters. The van der Waals surface area contributed by atoms with E-state index >= 15 is 0 Å². The van der Waals surface area contributed by atoms with Crippen LogP contribution in [0.1, 0.15) is 23.5 Å². The summed E-state index contributed by atoms with van der Waals surface area (Å²) in [4.78, 5) is 31.3. The average molecular weight is 572 g/mol. The number of nitriles is 1. The Labute approximate surface area is 236 Å². The van der Waals surface area contributed by atoms with Crippen molar-refractivity contribution in [3.05, 3.63) is 82.3 Å². The third-order valence-electron chi connectivity index (χ3n) is 6.66. The van der Waals surface area contributed by atoms with Gasteiger partial charge in [-0.05, 0) is 50.8 Å². The fraction of sp³-hybridized carbons (Fsp3) is 0.345. The molecule has 1 heterocycles. The minimum atomic E-state index is -4.74. The molecular formula is C29H32F3N5O4. The van der Waals surface area contributed by atoms with Crippen molar-refractivity contribution >= 4 is 23.3 Å². The average Bonchev–Trinajstić information content (AvgIpc) is 2.95. The van der Waals surface area contributed by atoms with Crippen molar-refractivity contribution in [1.29, 1.82) is 5.26 Å². The van der Waals surface area contributed by atoms with Crippen LogP contribution in [0.4, 0.5) is 24.5 Å². The van der Waals surface area contributed by atoms with Crippen molar-refractivity contribution in [1.82, 2.24) is 4.90 Å². The van der Waals surface area contributed by atoms with Crippen LogP contribution in [0.15, 0.2) is 71.2 Å². The number of carbonyl (C=O) groups excluding carboxylic acids is 2. The normalized spacial score (nSPS) is 15.6. The summed E-state index contributed by atoms with van der Waals surface area (Å²) in [6, 6.07) is 13.4.